The number of hydrogen-bond donors (Lipinski definition) is 2. The van der Waals surface area contributed by atoms with Crippen molar-refractivity contribution in [3.05, 3.63) is 30.7 Å². The Hall–Kier alpha value is -1.07. The molecule has 0 aromatic heterocycles. The fourth-order valence-electron chi connectivity index (χ4n) is 0.776. The minimum absolute atomic E-state index is 0.158. The Kier molecular flexibility index (Phi) is 2.08. The lowest BCUT2D eigenvalue weighted by molar-refractivity contribution is 0.441. The van der Waals surface area contributed by atoms with Crippen LogP contribution in [0, 0.1) is 6.92 Å². The van der Waals surface area contributed by atoms with Crippen molar-refractivity contribution in [1.29, 1.82) is 0 Å². The highest BCUT2D eigenvalue weighted by atomic mass is 32.2. The Labute approximate surface area is 70.2 Å². The predicted molar refractivity (Wildman–Crippen MR) is 42.4 cm³/mol. The van der Waals surface area contributed by atoms with E-state index in [0.717, 1.165) is 6.07 Å². The van der Waals surface area contributed by atoms with Gasteiger partial charge in [-0.05, 0) is 18.6 Å². The number of hydrogen-bond acceptors (Lipinski definition) is 3. The van der Waals surface area contributed by atoms with E-state index >= 15 is 0 Å². The minimum atomic E-state index is -4.35. The van der Waals surface area contributed by atoms with Crippen LogP contribution in [0.25, 0.3) is 0 Å². The number of phenolic OH excluding ortho intramolecular Hbond substituents is 1. The first-order chi connectivity index (χ1) is 5.43. The third kappa shape index (κ3) is 1.57. The molecule has 0 heterocycles. The number of benzene rings is 1. The molecule has 1 aromatic carbocycles. The van der Waals surface area contributed by atoms with E-state index in [1.807, 2.05) is 0 Å². The molecule has 0 aliphatic carbocycles. The summed E-state index contributed by atoms with van der Waals surface area (Å²) in [6.45, 7) is 3.37. The van der Waals surface area contributed by atoms with Crippen molar-refractivity contribution in [1.82, 2.24) is 0 Å². The van der Waals surface area contributed by atoms with Gasteiger partial charge >= 0.3 is 0 Å². The van der Waals surface area contributed by atoms with Gasteiger partial charge in [0.1, 0.15) is 10.6 Å². The number of phenols is 1. The van der Waals surface area contributed by atoms with Crippen LogP contribution in [0.4, 0.5) is 0 Å². The van der Waals surface area contributed by atoms with Gasteiger partial charge < -0.3 is 5.11 Å². The molecule has 5 heteroatoms. The fraction of sp³-hybridized carbons (Fsp3) is 0. The van der Waals surface area contributed by atoms with Crippen molar-refractivity contribution in [3.8, 4) is 5.75 Å². The summed E-state index contributed by atoms with van der Waals surface area (Å²) in [5.41, 5.74) is 0.158. The molecule has 2 N–H and O–H groups in total. The average Bonchev–Trinajstić information content (AvgIpc) is 1.92. The van der Waals surface area contributed by atoms with Crippen LogP contribution in [0.15, 0.2) is 23.1 Å². The lowest BCUT2D eigenvalue weighted by Gasteiger charge is -2.02. The highest BCUT2D eigenvalue weighted by molar-refractivity contribution is 7.86. The molecule has 1 radical (unpaired) electrons. The molecular weight excluding hydrogens is 180 g/mol. The van der Waals surface area contributed by atoms with Crippen molar-refractivity contribution in [2.75, 3.05) is 0 Å². The summed E-state index contributed by atoms with van der Waals surface area (Å²) in [5.74, 6) is -0.514. The summed E-state index contributed by atoms with van der Waals surface area (Å²) >= 11 is 0. The molecule has 65 valence electrons. The van der Waals surface area contributed by atoms with Crippen LogP contribution in [0.2, 0.25) is 0 Å². The van der Waals surface area contributed by atoms with Crippen LogP contribution in [0.1, 0.15) is 5.56 Å². The molecule has 0 bridgehead atoms. The first-order valence-corrected chi connectivity index (χ1v) is 4.48. The zero-order valence-corrected chi connectivity index (χ0v) is 6.87. The van der Waals surface area contributed by atoms with Crippen LogP contribution in [-0.2, 0) is 10.1 Å². The summed E-state index contributed by atoms with van der Waals surface area (Å²) in [7, 11) is -4.35. The third-order valence-corrected chi connectivity index (χ3v) is 2.25. The van der Waals surface area contributed by atoms with Crippen molar-refractivity contribution >= 4 is 10.1 Å². The van der Waals surface area contributed by atoms with Gasteiger partial charge in [0.25, 0.3) is 10.1 Å². The summed E-state index contributed by atoms with van der Waals surface area (Å²) in [4.78, 5) is -0.519. The lowest BCUT2D eigenvalue weighted by atomic mass is 10.2. The van der Waals surface area contributed by atoms with Crippen LogP contribution in [0.3, 0.4) is 0 Å². The maximum absolute atomic E-state index is 10.6. The molecule has 4 nitrogen and oxygen atoms in total. The Morgan fingerprint density at radius 3 is 2.33 bits per heavy atom. The molecule has 0 aliphatic rings. The lowest BCUT2D eigenvalue weighted by Crippen LogP contribution is -1.98. The molecular formula is C7H7O4S. The Morgan fingerprint density at radius 1 is 1.33 bits per heavy atom. The second-order valence-corrected chi connectivity index (χ2v) is 3.63. The van der Waals surface area contributed by atoms with Crippen LogP contribution in [-0.4, -0.2) is 18.1 Å². The first kappa shape index (κ1) is 9.02. The maximum atomic E-state index is 10.6. The summed E-state index contributed by atoms with van der Waals surface area (Å²) in [5, 5.41) is 9.13. The molecule has 0 spiro atoms. The van der Waals surface area contributed by atoms with E-state index in [9.17, 15) is 8.42 Å². The Balaban J connectivity index is 3.47. The van der Waals surface area contributed by atoms with Crippen LogP contribution < -0.4 is 0 Å². The molecule has 0 saturated carbocycles. The van der Waals surface area contributed by atoms with Gasteiger partial charge in [-0.2, -0.15) is 8.42 Å². The molecule has 12 heavy (non-hydrogen) atoms. The summed E-state index contributed by atoms with van der Waals surface area (Å²) in [6.07, 6.45) is 0. The van der Waals surface area contributed by atoms with E-state index in [4.69, 9.17) is 9.66 Å². The SMILES string of the molecule is [CH2]c1cccc(S(=O)(=O)O)c1O. The zero-order chi connectivity index (χ0) is 9.35. The van der Waals surface area contributed by atoms with E-state index in [1.54, 1.807) is 0 Å². The van der Waals surface area contributed by atoms with E-state index in [-0.39, 0.29) is 5.56 Å². The summed E-state index contributed by atoms with van der Waals surface area (Å²) < 4.78 is 29.7. The van der Waals surface area contributed by atoms with E-state index in [1.165, 1.54) is 12.1 Å². The van der Waals surface area contributed by atoms with Crippen molar-refractivity contribution < 1.29 is 18.1 Å². The number of rotatable bonds is 1. The Morgan fingerprint density at radius 2 is 1.92 bits per heavy atom. The van der Waals surface area contributed by atoms with Gasteiger partial charge in [0, 0.05) is 0 Å². The second kappa shape index (κ2) is 2.76. The highest BCUT2D eigenvalue weighted by Crippen LogP contribution is 2.25. The highest BCUT2D eigenvalue weighted by Gasteiger charge is 2.15. The summed E-state index contributed by atoms with van der Waals surface area (Å²) in [6, 6.07) is 3.91. The second-order valence-electron chi connectivity index (χ2n) is 2.24. The Bertz CT molecular complexity index is 394. The quantitative estimate of drug-likeness (QED) is 0.638. The fourth-order valence-corrected chi connectivity index (χ4v) is 1.40. The van der Waals surface area contributed by atoms with Crippen molar-refractivity contribution in [3.63, 3.8) is 0 Å². The van der Waals surface area contributed by atoms with Crippen LogP contribution in [0.5, 0.6) is 5.75 Å². The first-order valence-electron chi connectivity index (χ1n) is 3.04. The van der Waals surface area contributed by atoms with Gasteiger partial charge in [0.05, 0.1) is 0 Å². The molecule has 0 fully saturated rings. The zero-order valence-electron chi connectivity index (χ0n) is 6.06. The number of para-hydroxylation sites is 1. The van der Waals surface area contributed by atoms with E-state index < -0.39 is 20.8 Å². The van der Waals surface area contributed by atoms with E-state index in [2.05, 4.69) is 6.92 Å². The van der Waals surface area contributed by atoms with Gasteiger partial charge in [-0.25, -0.2) is 0 Å². The maximum Gasteiger partial charge on any atom is 0.298 e. The van der Waals surface area contributed by atoms with Crippen molar-refractivity contribution in [2.45, 2.75) is 4.90 Å². The van der Waals surface area contributed by atoms with Gasteiger partial charge in [0.2, 0.25) is 0 Å². The largest absolute Gasteiger partial charge is 0.506 e. The standard InChI is InChI=1S/C7H7O4S/c1-5-3-2-4-6(7(5)8)12(9,10)11/h2-4,8H,1H2,(H,9,10,11). The molecule has 1 aromatic rings. The molecule has 0 atom stereocenters. The van der Waals surface area contributed by atoms with Gasteiger partial charge in [-0.3, -0.25) is 4.55 Å². The monoisotopic (exact) mass is 187 g/mol. The smallest absolute Gasteiger partial charge is 0.298 e. The topological polar surface area (TPSA) is 74.6 Å². The normalized spacial score (nSPS) is 11.5. The molecule has 0 amide bonds. The number of aromatic hydroxyl groups is 1. The molecule has 0 unspecified atom stereocenters. The van der Waals surface area contributed by atoms with Gasteiger partial charge in [0.15, 0.2) is 0 Å². The van der Waals surface area contributed by atoms with Gasteiger partial charge in [-0.1, -0.05) is 12.1 Å². The van der Waals surface area contributed by atoms with Crippen LogP contribution >= 0.6 is 0 Å². The molecule has 1 rings (SSSR count). The molecule has 0 aliphatic heterocycles. The third-order valence-electron chi connectivity index (χ3n) is 1.36. The van der Waals surface area contributed by atoms with Gasteiger partial charge in [-0.15, -0.1) is 0 Å². The predicted octanol–water partition coefficient (Wildman–Crippen LogP) is 0.821. The van der Waals surface area contributed by atoms with Crippen molar-refractivity contribution in [2.24, 2.45) is 0 Å². The minimum Gasteiger partial charge on any atom is -0.506 e. The average molecular weight is 187 g/mol. The van der Waals surface area contributed by atoms with E-state index in [0.29, 0.717) is 0 Å². The molecule has 0 saturated heterocycles.